The van der Waals surface area contributed by atoms with Gasteiger partial charge in [0.05, 0.1) is 16.1 Å². The molecule has 0 aliphatic rings. The van der Waals surface area contributed by atoms with Gasteiger partial charge in [-0.05, 0) is 37.3 Å². The van der Waals surface area contributed by atoms with Crippen molar-refractivity contribution in [1.29, 1.82) is 0 Å². The summed E-state index contributed by atoms with van der Waals surface area (Å²) in [6.45, 7) is 1.46. The van der Waals surface area contributed by atoms with Crippen LogP contribution in [0.4, 0.5) is 5.69 Å². The molecule has 0 aliphatic heterocycles. The number of amides is 1. The summed E-state index contributed by atoms with van der Waals surface area (Å²) in [5.74, 6) is -1.13. The summed E-state index contributed by atoms with van der Waals surface area (Å²) in [6.07, 6.45) is -0.972. The monoisotopic (exact) mass is 390 g/mol. The SMILES string of the molecule is C[C@@H](OC(=O)c1cccc(S(=O)(=O)N(C)c2ccccc2)c1)C(=O)N(C)C. The predicted molar refractivity (Wildman–Crippen MR) is 102 cm³/mol. The van der Waals surface area contributed by atoms with Gasteiger partial charge in [0.1, 0.15) is 0 Å². The molecule has 0 saturated heterocycles. The fourth-order valence-electron chi connectivity index (χ4n) is 2.36. The maximum Gasteiger partial charge on any atom is 0.338 e. The second-order valence-electron chi connectivity index (χ2n) is 6.12. The van der Waals surface area contributed by atoms with Gasteiger partial charge in [-0.3, -0.25) is 9.10 Å². The molecule has 0 radical (unpaired) electrons. The van der Waals surface area contributed by atoms with Crippen molar-refractivity contribution in [1.82, 2.24) is 4.90 Å². The summed E-state index contributed by atoms with van der Waals surface area (Å²) in [4.78, 5) is 25.4. The Morgan fingerprint density at radius 1 is 0.963 bits per heavy atom. The van der Waals surface area contributed by atoms with Gasteiger partial charge in [-0.1, -0.05) is 24.3 Å². The summed E-state index contributed by atoms with van der Waals surface area (Å²) < 4.78 is 31.9. The second-order valence-corrected chi connectivity index (χ2v) is 8.09. The van der Waals surface area contributed by atoms with E-state index in [0.29, 0.717) is 5.69 Å². The molecule has 0 aromatic heterocycles. The minimum Gasteiger partial charge on any atom is -0.449 e. The van der Waals surface area contributed by atoms with E-state index in [1.807, 2.05) is 0 Å². The molecular weight excluding hydrogens is 368 g/mol. The Labute approximate surface area is 159 Å². The predicted octanol–water partition coefficient (Wildman–Crippen LogP) is 2.15. The molecule has 8 heteroatoms. The topological polar surface area (TPSA) is 84.0 Å². The van der Waals surface area contributed by atoms with Crippen LogP contribution in [0.1, 0.15) is 17.3 Å². The first-order valence-electron chi connectivity index (χ1n) is 8.21. The highest BCUT2D eigenvalue weighted by atomic mass is 32.2. The Kier molecular flexibility index (Phi) is 6.22. The fraction of sp³-hybridized carbons (Fsp3) is 0.263. The van der Waals surface area contributed by atoms with E-state index in [0.717, 1.165) is 4.31 Å². The van der Waals surface area contributed by atoms with Crippen molar-refractivity contribution in [2.75, 3.05) is 25.4 Å². The number of esters is 1. The molecule has 2 aromatic carbocycles. The molecule has 27 heavy (non-hydrogen) atoms. The Morgan fingerprint density at radius 3 is 2.19 bits per heavy atom. The van der Waals surface area contributed by atoms with Gasteiger partial charge in [-0.2, -0.15) is 0 Å². The average molecular weight is 390 g/mol. The molecular formula is C19H22N2O5S. The van der Waals surface area contributed by atoms with Gasteiger partial charge < -0.3 is 9.64 Å². The average Bonchev–Trinajstić information content (AvgIpc) is 2.67. The van der Waals surface area contributed by atoms with E-state index in [1.54, 1.807) is 44.4 Å². The maximum absolute atomic E-state index is 12.8. The van der Waals surface area contributed by atoms with E-state index in [4.69, 9.17) is 4.74 Å². The van der Waals surface area contributed by atoms with E-state index >= 15 is 0 Å². The van der Waals surface area contributed by atoms with Crippen LogP contribution in [0.25, 0.3) is 0 Å². The molecule has 7 nitrogen and oxygen atoms in total. The molecule has 1 amide bonds. The number of hydrogen-bond acceptors (Lipinski definition) is 5. The minimum absolute atomic E-state index is 0.0464. The maximum atomic E-state index is 12.8. The van der Waals surface area contributed by atoms with Crippen molar-refractivity contribution < 1.29 is 22.7 Å². The number of para-hydroxylation sites is 1. The summed E-state index contributed by atoms with van der Waals surface area (Å²) in [7, 11) is 0.692. The molecule has 2 aromatic rings. The number of carbonyl (C=O) groups is 2. The molecule has 0 fully saturated rings. The van der Waals surface area contributed by atoms with E-state index in [2.05, 4.69) is 0 Å². The zero-order chi connectivity index (χ0) is 20.2. The lowest BCUT2D eigenvalue weighted by atomic mass is 10.2. The summed E-state index contributed by atoms with van der Waals surface area (Å²) >= 11 is 0. The number of benzene rings is 2. The number of hydrogen-bond donors (Lipinski definition) is 0. The van der Waals surface area contributed by atoms with Gasteiger partial charge in [-0.15, -0.1) is 0 Å². The smallest absolute Gasteiger partial charge is 0.338 e. The summed E-state index contributed by atoms with van der Waals surface area (Å²) in [5.41, 5.74) is 0.548. The first-order chi connectivity index (χ1) is 12.6. The third-order valence-corrected chi connectivity index (χ3v) is 5.70. The molecule has 0 spiro atoms. The lowest BCUT2D eigenvalue weighted by Gasteiger charge is -2.20. The number of carbonyl (C=O) groups excluding carboxylic acids is 2. The van der Waals surface area contributed by atoms with Crippen LogP contribution in [0.5, 0.6) is 0 Å². The lowest BCUT2D eigenvalue weighted by molar-refractivity contribution is -0.137. The number of rotatable bonds is 6. The molecule has 1 atom stereocenters. The van der Waals surface area contributed by atoms with Gasteiger partial charge in [0, 0.05) is 21.1 Å². The quantitative estimate of drug-likeness (QED) is 0.706. The number of sulfonamides is 1. The summed E-state index contributed by atoms with van der Waals surface area (Å²) in [6, 6.07) is 14.1. The van der Waals surface area contributed by atoms with Crippen LogP contribution in [0.2, 0.25) is 0 Å². The number of ether oxygens (including phenoxy) is 1. The fourth-order valence-corrected chi connectivity index (χ4v) is 3.60. The normalized spacial score (nSPS) is 12.1. The number of likely N-dealkylation sites (N-methyl/N-ethyl adjacent to an activating group) is 1. The van der Waals surface area contributed by atoms with Crippen LogP contribution in [0, 0.1) is 0 Å². The van der Waals surface area contributed by atoms with Crippen molar-refractivity contribution >= 4 is 27.6 Å². The second kappa shape index (κ2) is 8.22. The Bertz CT molecular complexity index is 926. The van der Waals surface area contributed by atoms with Gasteiger partial charge in [0.15, 0.2) is 6.10 Å². The molecule has 0 bridgehead atoms. The first kappa shape index (κ1) is 20.4. The highest BCUT2D eigenvalue weighted by Gasteiger charge is 2.24. The van der Waals surface area contributed by atoms with E-state index in [9.17, 15) is 18.0 Å². The molecule has 144 valence electrons. The number of anilines is 1. The zero-order valence-corrected chi connectivity index (χ0v) is 16.4. The Morgan fingerprint density at radius 2 is 1.59 bits per heavy atom. The zero-order valence-electron chi connectivity index (χ0n) is 15.6. The highest BCUT2D eigenvalue weighted by Crippen LogP contribution is 2.22. The van der Waals surface area contributed by atoms with Gasteiger partial charge in [0.25, 0.3) is 15.9 Å². The largest absolute Gasteiger partial charge is 0.449 e. The third kappa shape index (κ3) is 4.65. The minimum atomic E-state index is -3.86. The molecule has 0 N–H and O–H groups in total. The van der Waals surface area contributed by atoms with Gasteiger partial charge in [-0.25, -0.2) is 13.2 Å². The molecule has 0 heterocycles. The van der Waals surface area contributed by atoms with Crippen LogP contribution in [-0.4, -0.2) is 52.4 Å². The first-order valence-corrected chi connectivity index (χ1v) is 9.65. The van der Waals surface area contributed by atoms with Gasteiger partial charge in [0.2, 0.25) is 0 Å². The van der Waals surface area contributed by atoms with Crippen molar-refractivity contribution in [2.24, 2.45) is 0 Å². The number of nitrogens with zero attached hydrogens (tertiary/aromatic N) is 2. The van der Waals surface area contributed by atoms with Crippen molar-refractivity contribution in [3.05, 3.63) is 60.2 Å². The van der Waals surface area contributed by atoms with Crippen LogP contribution >= 0.6 is 0 Å². The van der Waals surface area contributed by atoms with Crippen molar-refractivity contribution in [2.45, 2.75) is 17.9 Å². The lowest BCUT2D eigenvalue weighted by Crippen LogP contribution is -2.35. The third-order valence-electron chi connectivity index (χ3n) is 3.92. The summed E-state index contributed by atoms with van der Waals surface area (Å²) in [5, 5.41) is 0. The van der Waals surface area contributed by atoms with Crippen LogP contribution < -0.4 is 4.31 Å². The van der Waals surface area contributed by atoms with Crippen LogP contribution in [0.15, 0.2) is 59.5 Å². The van der Waals surface area contributed by atoms with Gasteiger partial charge >= 0.3 is 5.97 Å². The Hall–Kier alpha value is -2.87. The van der Waals surface area contributed by atoms with E-state index in [-0.39, 0.29) is 16.4 Å². The highest BCUT2D eigenvalue weighted by molar-refractivity contribution is 7.92. The van der Waals surface area contributed by atoms with Crippen molar-refractivity contribution in [3.8, 4) is 0 Å². The Balaban J connectivity index is 2.26. The molecule has 2 rings (SSSR count). The van der Waals surface area contributed by atoms with Crippen LogP contribution in [-0.2, 0) is 19.6 Å². The molecule has 0 aliphatic carbocycles. The molecule has 0 saturated carbocycles. The van der Waals surface area contributed by atoms with E-state index in [1.165, 1.54) is 43.1 Å². The standard InChI is InChI=1S/C19H22N2O5S/c1-14(18(22)20(2)3)26-19(23)15-9-8-12-17(13-15)27(24,25)21(4)16-10-6-5-7-11-16/h5-14H,1-4H3/t14-/m1/s1. The van der Waals surface area contributed by atoms with E-state index < -0.39 is 22.1 Å². The van der Waals surface area contributed by atoms with Crippen LogP contribution in [0.3, 0.4) is 0 Å². The van der Waals surface area contributed by atoms with Crippen molar-refractivity contribution in [3.63, 3.8) is 0 Å². The molecule has 0 unspecified atom stereocenters.